The van der Waals surface area contributed by atoms with E-state index >= 15 is 0 Å². The summed E-state index contributed by atoms with van der Waals surface area (Å²) in [6.45, 7) is 1.90. The highest BCUT2D eigenvalue weighted by atomic mass is 35.5. The molecule has 3 aromatic rings. The van der Waals surface area contributed by atoms with Crippen LogP contribution in [0.2, 0.25) is 5.02 Å². The predicted octanol–water partition coefficient (Wildman–Crippen LogP) is 4.85. The molecule has 7 heteroatoms. The molecule has 29 heavy (non-hydrogen) atoms. The van der Waals surface area contributed by atoms with Gasteiger partial charge in [0.25, 0.3) is 0 Å². The van der Waals surface area contributed by atoms with E-state index in [1.807, 2.05) is 48.7 Å². The molecule has 0 spiro atoms. The Bertz CT molecular complexity index is 1020. The van der Waals surface area contributed by atoms with E-state index in [-0.39, 0.29) is 0 Å². The van der Waals surface area contributed by atoms with Crippen molar-refractivity contribution in [3.05, 3.63) is 59.8 Å². The minimum Gasteiger partial charge on any atom is -0.497 e. The topological polar surface area (TPSA) is 49.4 Å². The molecule has 0 unspecified atom stereocenters. The Labute approximate surface area is 181 Å². The molecule has 0 aliphatic carbocycles. The van der Waals surface area contributed by atoms with Crippen LogP contribution in [0.5, 0.6) is 5.75 Å². The SMILES string of the molecule is COc1cccc(NC(=S)NC2CCN(c3ccnc4ccc(Cl)cc34)CC2)c1. The number of halogens is 1. The number of thiocarbonyl (C=S) groups is 1. The Balaban J connectivity index is 1.36. The fraction of sp³-hybridized carbons (Fsp3) is 0.273. The number of nitrogens with one attached hydrogen (secondary N) is 2. The van der Waals surface area contributed by atoms with E-state index in [0.717, 1.165) is 53.3 Å². The first kappa shape index (κ1) is 19.7. The minimum atomic E-state index is 0.341. The second-order valence-electron chi connectivity index (χ2n) is 7.08. The van der Waals surface area contributed by atoms with E-state index in [2.05, 4.69) is 26.6 Å². The predicted molar refractivity (Wildman–Crippen MR) is 124 cm³/mol. The lowest BCUT2D eigenvalue weighted by Gasteiger charge is -2.35. The van der Waals surface area contributed by atoms with Crippen molar-refractivity contribution >= 4 is 51.2 Å². The number of anilines is 2. The van der Waals surface area contributed by atoms with Crippen molar-refractivity contribution < 1.29 is 4.74 Å². The number of nitrogens with zero attached hydrogens (tertiary/aromatic N) is 2. The summed E-state index contributed by atoms with van der Waals surface area (Å²) in [7, 11) is 1.66. The molecule has 4 rings (SSSR count). The summed E-state index contributed by atoms with van der Waals surface area (Å²) >= 11 is 11.7. The number of fused-ring (bicyclic) bond motifs is 1. The van der Waals surface area contributed by atoms with Crippen LogP contribution < -0.4 is 20.3 Å². The second-order valence-corrected chi connectivity index (χ2v) is 7.93. The summed E-state index contributed by atoms with van der Waals surface area (Å²) in [5.41, 5.74) is 3.07. The van der Waals surface area contributed by atoms with Crippen LogP contribution >= 0.6 is 23.8 Å². The van der Waals surface area contributed by atoms with Gasteiger partial charge in [-0.25, -0.2) is 0 Å². The molecular formula is C22H23ClN4OS. The van der Waals surface area contributed by atoms with Crippen molar-refractivity contribution in [2.24, 2.45) is 0 Å². The Morgan fingerprint density at radius 3 is 2.79 bits per heavy atom. The largest absolute Gasteiger partial charge is 0.497 e. The third-order valence-corrected chi connectivity index (χ3v) is 5.63. The fourth-order valence-corrected chi connectivity index (χ4v) is 4.15. The van der Waals surface area contributed by atoms with Crippen molar-refractivity contribution in [3.8, 4) is 5.75 Å². The number of benzene rings is 2. The summed E-state index contributed by atoms with van der Waals surface area (Å²) in [6.07, 6.45) is 3.87. The standard InChI is InChI=1S/C22H23ClN4OS/c1-28-18-4-2-3-17(14-18)26-22(29)25-16-8-11-27(12-9-16)21-7-10-24-20-6-5-15(23)13-19(20)21/h2-7,10,13-14,16H,8-9,11-12H2,1H3,(H2,25,26,29). The van der Waals surface area contributed by atoms with E-state index < -0.39 is 0 Å². The van der Waals surface area contributed by atoms with Crippen molar-refractivity contribution in [1.82, 2.24) is 10.3 Å². The average molecular weight is 427 g/mol. The van der Waals surface area contributed by atoms with Crippen LogP contribution in [0.3, 0.4) is 0 Å². The maximum absolute atomic E-state index is 6.21. The van der Waals surface area contributed by atoms with Gasteiger partial charge in [0, 0.05) is 53.2 Å². The number of rotatable bonds is 4. The van der Waals surface area contributed by atoms with Gasteiger partial charge in [-0.05, 0) is 61.5 Å². The monoisotopic (exact) mass is 426 g/mol. The quantitative estimate of drug-likeness (QED) is 0.581. The van der Waals surface area contributed by atoms with Crippen LogP contribution in [0.25, 0.3) is 10.9 Å². The number of aromatic nitrogens is 1. The molecule has 0 radical (unpaired) electrons. The second kappa shape index (κ2) is 8.84. The molecule has 5 nitrogen and oxygen atoms in total. The van der Waals surface area contributed by atoms with Gasteiger partial charge in [0.1, 0.15) is 5.75 Å². The van der Waals surface area contributed by atoms with Crippen LogP contribution in [0.1, 0.15) is 12.8 Å². The molecule has 0 saturated carbocycles. The molecule has 150 valence electrons. The fourth-order valence-electron chi connectivity index (χ4n) is 3.70. The van der Waals surface area contributed by atoms with E-state index in [1.165, 1.54) is 5.69 Å². The maximum atomic E-state index is 6.21. The number of methoxy groups -OCH3 is 1. The van der Waals surface area contributed by atoms with Crippen molar-refractivity contribution in [2.75, 3.05) is 30.4 Å². The number of hydrogen-bond acceptors (Lipinski definition) is 4. The lowest BCUT2D eigenvalue weighted by atomic mass is 10.0. The summed E-state index contributed by atoms with van der Waals surface area (Å²) in [5.74, 6) is 0.802. The molecule has 0 amide bonds. The van der Waals surface area contributed by atoms with Crippen molar-refractivity contribution in [3.63, 3.8) is 0 Å². The van der Waals surface area contributed by atoms with Gasteiger partial charge in [-0.15, -0.1) is 0 Å². The van der Waals surface area contributed by atoms with Crippen molar-refractivity contribution in [2.45, 2.75) is 18.9 Å². The molecule has 1 saturated heterocycles. The molecule has 2 N–H and O–H groups in total. The van der Waals surface area contributed by atoms with E-state index in [0.29, 0.717) is 11.2 Å². The van der Waals surface area contributed by atoms with Gasteiger partial charge in [0.15, 0.2) is 5.11 Å². The zero-order valence-corrected chi connectivity index (χ0v) is 17.8. The van der Waals surface area contributed by atoms with Gasteiger partial charge in [0.05, 0.1) is 12.6 Å². The van der Waals surface area contributed by atoms with Crippen LogP contribution in [0.4, 0.5) is 11.4 Å². The maximum Gasteiger partial charge on any atom is 0.170 e. The van der Waals surface area contributed by atoms with Gasteiger partial charge in [-0.1, -0.05) is 17.7 Å². The normalized spacial score (nSPS) is 14.6. The Morgan fingerprint density at radius 1 is 1.17 bits per heavy atom. The molecule has 2 heterocycles. The highest BCUT2D eigenvalue weighted by molar-refractivity contribution is 7.80. The zero-order chi connectivity index (χ0) is 20.2. The first-order valence-electron chi connectivity index (χ1n) is 9.63. The molecule has 2 aromatic carbocycles. The Kier molecular flexibility index (Phi) is 6.02. The highest BCUT2D eigenvalue weighted by Crippen LogP contribution is 2.30. The van der Waals surface area contributed by atoms with E-state index in [9.17, 15) is 0 Å². The summed E-state index contributed by atoms with van der Waals surface area (Å²) in [4.78, 5) is 6.85. The summed E-state index contributed by atoms with van der Waals surface area (Å²) in [6, 6.07) is 16.0. The number of ether oxygens (including phenoxy) is 1. The van der Waals surface area contributed by atoms with Crippen LogP contribution in [0, 0.1) is 0 Å². The van der Waals surface area contributed by atoms with Crippen molar-refractivity contribution in [1.29, 1.82) is 0 Å². The van der Waals surface area contributed by atoms with E-state index in [4.69, 9.17) is 28.6 Å². The summed E-state index contributed by atoms with van der Waals surface area (Å²) in [5, 5.41) is 9.15. The summed E-state index contributed by atoms with van der Waals surface area (Å²) < 4.78 is 5.26. The molecule has 0 atom stereocenters. The zero-order valence-electron chi connectivity index (χ0n) is 16.2. The average Bonchev–Trinajstić information content (AvgIpc) is 2.74. The number of hydrogen-bond donors (Lipinski definition) is 2. The Hall–Kier alpha value is -2.57. The van der Waals surface area contributed by atoms with Gasteiger partial charge in [-0.3, -0.25) is 4.98 Å². The molecule has 1 fully saturated rings. The first-order chi connectivity index (χ1) is 14.1. The molecular weight excluding hydrogens is 404 g/mol. The first-order valence-corrected chi connectivity index (χ1v) is 10.4. The lowest BCUT2D eigenvalue weighted by Crippen LogP contribution is -2.46. The number of pyridine rings is 1. The minimum absolute atomic E-state index is 0.341. The molecule has 0 bridgehead atoms. The van der Waals surface area contributed by atoms with Gasteiger partial charge in [0.2, 0.25) is 0 Å². The Morgan fingerprint density at radius 2 is 2.00 bits per heavy atom. The third kappa shape index (κ3) is 4.71. The lowest BCUT2D eigenvalue weighted by molar-refractivity contribution is 0.415. The van der Waals surface area contributed by atoms with Crippen LogP contribution in [0.15, 0.2) is 54.7 Å². The van der Waals surface area contributed by atoms with Gasteiger partial charge >= 0.3 is 0 Å². The van der Waals surface area contributed by atoms with Crippen LogP contribution in [-0.4, -0.2) is 36.3 Å². The van der Waals surface area contributed by atoms with Gasteiger partial charge < -0.3 is 20.3 Å². The smallest absolute Gasteiger partial charge is 0.170 e. The molecule has 1 aromatic heterocycles. The van der Waals surface area contributed by atoms with Crippen LogP contribution in [-0.2, 0) is 0 Å². The van der Waals surface area contributed by atoms with Gasteiger partial charge in [-0.2, -0.15) is 0 Å². The third-order valence-electron chi connectivity index (χ3n) is 5.18. The molecule has 1 aliphatic heterocycles. The highest BCUT2D eigenvalue weighted by Gasteiger charge is 2.21. The number of piperidine rings is 1. The van der Waals surface area contributed by atoms with E-state index in [1.54, 1.807) is 7.11 Å². The molecule has 1 aliphatic rings.